The number of amides is 1. The van der Waals surface area contributed by atoms with Gasteiger partial charge >= 0.3 is 5.97 Å². The molecule has 112 valence electrons. The highest BCUT2D eigenvalue weighted by Gasteiger charge is 2.34. The van der Waals surface area contributed by atoms with Crippen molar-refractivity contribution in [3.05, 3.63) is 35.4 Å². The monoisotopic (exact) mass is 309 g/mol. The van der Waals surface area contributed by atoms with Crippen LogP contribution in [0.25, 0.3) is 0 Å². The highest BCUT2D eigenvalue weighted by atomic mass is 32.2. The first-order chi connectivity index (χ1) is 9.94. The van der Waals surface area contributed by atoms with Crippen LogP contribution in [0, 0.1) is 0 Å². The third-order valence-corrected chi connectivity index (χ3v) is 5.53. The van der Waals surface area contributed by atoms with Gasteiger partial charge in [0.1, 0.15) is 0 Å². The second-order valence-corrected chi connectivity index (χ2v) is 7.59. The number of esters is 1. The molecule has 7 heteroatoms. The Morgan fingerprint density at radius 3 is 2.76 bits per heavy atom. The number of benzene rings is 1. The molecule has 6 nitrogen and oxygen atoms in total. The van der Waals surface area contributed by atoms with Crippen LogP contribution >= 0.6 is 0 Å². The van der Waals surface area contributed by atoms with Gasteiger partial charge in [0.2, 0.25) is 0 Å². The summed E-state index contributed by atoms with van der Waals surface area (Å²) < 4.78 is 27.9. The van der Waals surface area contributed by atoms with Gasteiger partial charge in [-0.05, 0) is 18.1 Å². The van der Waals surface area contributed by atoms with Crippen LogP contribution in [0.1, 0.15) is 22.3 Å². The molecule has 21 heavy (non-hydrogen) atoms. The van der Waals surface area contributed by atoms with Gasteiger partial charge in [0, 0.05) is 12.5 Å². The van der Waals surface area contributed by atoms with E-state index in [0.29, 0.717) is 18.4 Å². The van der Waals surface area contributed by atoms with Crippen molar-refractivity contribution in [3.63, 3.8) is 0 Å². The minimum Gasteiger partial charge on any atom is -0.448 e. The van der Waals surface area contributed by atoms with Crippen molar-refractivity contribution in [1.82, 2.24) is 5.32 Å². The van der Waals surface area contributed by atoms with Crippen molar-refractivity contribution in [2.24, 2.45) is 0 Å². The van der Waals surface area contributed by atoms with Crippen LogP contribution in [0.4, 0.5) is 0 Å². The number of rotatable bonds is 2. The van der Waals surface area contributed by atoms with E-state index >= 15 is 0 Å². The van der Waals surface area contributed by atoms with Gasteiger partial charge < -0.3 is 10.1 Å². The molecule has 1 aromatic rings. The van der Waals surface area contributed by atoms with E-state index in [1.54, 1.807) is 24.3 Å². The molecule has 2 heterocycles. The zero-order valence-corrected chi connectivity index (χ0v) is 12.1. The molecule has 0 aromatic heterocycles. The highest BCUT2D eigenvalue weighted by Crippen LogP contribution is 2.21. The van der Waals surface area contributed by atoms with Gasteiger partial charge in [0.15, 0.2) is 15.9 Å². The molecule has 0 aliphatic carbocycles. The summed E-state index contributed by atoms with van der Waals surface area (Å²) in [5.74, 6) is -0.905. The normalized spacial score (nSPS) is 26.8. The Hall–Kier alpha value is -1.89. The van der Waals surface area contributed by atoms with Gasteiger partial charge in [-0.2, -0.15) is 0 Å². The molecule has 3 rings (SSSR count). The minimum atomic E-state index is -3.05. The summed E-state index contributed by atoms with van der Waals surface area (Å²) in [6.07, 6.45) is -0.172. The Balaban J connectivity index is 1.69. The van der Waals surface area contributed by atoms with Crippen LogP contribution in [-0.2, 0) is 25.8 Å². The Bertz CT molecular complexity index is 697. The van der Waals surface area contributed by atoms with Crippen LogP contribution in [0.15, 0.2) is 24.3 Å². The van der Waals surface area contributed by atoms with Gasteiger partial charge in [0.05, 0.1) is 17.1 Å². The van der Waals surface area contributed by atoms with Crippen molar-refractivity contribution < 1.29 is 22.7 Å². The number of ether oxygens (including phenoxy) is 1. The molecule has 0 bridgehead atoms. The van der Waals surface area contributed by atoms with Crippen LogP contribution in [0.5, 0.6) is 0 Å². The molecule has 0 spiro atoms. The number of hydrogen-bond acceptors (Lipinski definition) is 5. The summed E-state index contributed by atoms with van der Waals surface area (Å²) in [4.78, 5) is 24.0. The summed E-state index contributed by atoms with van der Waals surface area (Å²) >= 11 is 0. The van der Waals surface area contributed by atoms with Crippen molar-refractivity contribution in [2.45, 2.75) is 25.0 Å². The molecular weight excluding hydrogens is 294 g/mol. The Morgan fingerprint density at radius 2 is 2.05 bits per heavy atom. The van der Waals surface area contributed by atoms with Crippen molar-refractivity contribution >= 4 is 21.7 Å². The quantitative estimate of drug-likeness (QED) is 0.781. The lowest BCUT2D eigenvalue weighted by molar-refractivity contribution is -0.130. The average molecular weight is 309 g/mol. The molecule has 1 fully saturated rings. The van der Waals surface area contributed by atoms with Crippen LogP contribution in [0.2, 0.25) is 0 Å². The number of carbonyl (C=O) groups excluding carboxylic acids is 2. The smallest absolute Gasteiger partial charge is 0.339 e. The SMILES string of the molecule is O=C1O[C@H](C(=O)N[C@@H]2CCS(=O)(=O)C2)Cc2ccccc21. The van der Waals surface area contributed by atoms with Gasteiger partial charge in [-0.1, -0.05) is 18.2 Å². The molecule has 1 N–H and O–H groups in total. The maximum absolute atomic E-state index is 12.1. The third-order valence-electron chi connectivity index (χ3n) is 3.76. The molecule has 2 atom stereocenters. The van der Waals surface area contributed by atoms with E-state index in [9.17, 15) is 18.0 Å². The Labute approximate surface area is 122 Å². The Kier molecular flexibility index (Phi) is 3.44. The van der Waals surface area contributed by atoms with E-state index in [2.05, 4.69) is 5.32 Å². The summed E-state index contributed by atoms with van der Waals surface area (Å²) in [5.41, 5.74) is 1.25. The lowest BCUT2D eigenvalue weighted by Crippen LogP contribution is -2.46. The van der Waals surface area contributed by atoms with Gasteiger partial charge in [-0.3, -0.25) is 4.79 Å². The fourth-order valence-corrected chi connectivity index (χ4v) is 4.35. The van der Waals surface area contributed by atoms with E-state index in [0.717, 1.165) is 5.56 Å². The number of fused-ring (bicyclic) bond motifs is 1. The van der Waals surface area contributed by atoms with Gasteiger partial charge in [-0.15, -0.1) is 0 Å². The molecule has 0 radical (unpaired) electrons. The Morgan fingerprint density at radius 1 is 1.29 bits per heavy atom. The average Bonchev–Trinajstić information content (AvgIpc) is 2.78. The molecule has 1 aromatic carbocycles. The van der Waals surface area contributed by atoms with Crippen molar-refractivity contribution in [1.29, 1.82) is 0 Å². The van der Waals surface area contributed by atoms with E-state index in [4.69, 9.17) is 4.74 Å². The minimum absolute atomic E-state index is 0.0456. The van der Waals surface area contributed by atoms with Crippen LogP contribution in [0.3, 0.4) is 0 Å². The lowest BCUT2D eigenvalue weighted by atomic mass is 9.98. The first-order valence-electron chi connectivity index (χ1n) is 6.74. The molecule has 2 aliphatic heterocycles. The highest BCUT2D eigenvalue weighted by molar-refractivity contribution is 7.91. The third kappa shape index (κ3) is 2.92. The zero-order valence-electron chi connectivity index (χ0n) is 11.2. The second-order valence-electron chi connectivity index (χ2n) is 5.36. The molecule has 1 saturated heterocycles. The maximum atomic E-state index is 12.1. The fourth-order valence-electron chi connectivity index (χ4n) is 2.68. The summed E-state index contributed by atoms with van der Waals surface area (Å²) in [6.45, 7) is 0. The topological polar surface area (TPSA) is 89.5 Å². The van der Waals surface area contributed by atoms with Crippen LogP contribution < -0.4 is 5.32 Å². The second kappa shape index (κ2) is 5.14. The number of carbonyl (C=O) groups is 2. The maximum Gasteiger partial charge on any atom is 0.339 e. The summed E-state index contributed by atoms with van der Waals surface area (Å²) in [5, 5.41) is 2.66. The fraction of sp³-hybridized carbons (Fsp3) is 0.429. The standard InChI is InChI=1S/C14H15NO5S/c16-13(15-10-5-6-21(18,19)8-10)12-7-9-3-1-2-4-11(9)14(17)20-12/h1-4,10,12H,5-8H2,(H,15,16)/t10-,12+/m1/s1. The molecule has 0 unspecified atom stereocenters. The zero-order chi connectivity index (χ0) is 15.0. The summed E-state index contributed by atoms with van der Waals surface area (Å²) in [7, 11) is -3.05. The first kappa shape index (κ1) is 14.1. The molecule has 2 aliphatic rings. The van der Waals surface area contributed by atoms with Crippen molar-refractivity contribution in [2.75, 3.05) is 11.5 Å². The van der Waals surface area contributed by atoms with E-state index in [-0.39, 0.29) is 11.5 Å². The largest absolute Gasteiger partial charge is 0.448 e. The molecular formula is C14H15NO5S. The number of cyclic esters (lactones) is 1. The van der Waals surface area contributed by atoms with Gasteiger partial charge in [-0.25, -0.2) is 13.2 Å². The molecule has 0 saturated carbocycles. The van der Waals surface area contributed by atoms with Crippen LogP contribution in [-0.4, -0.2) is 43.9 Å². The predicted molar refractivity (Wildman–Crippen MR) is 74.6 cm³/mol. The first-order valence-corrected chi connectivity index (χ1v) is 8.56. The lowest BCUT2D eigenvalue weighted by Gasteiger charge is -2.24. The van der Waals surface area contributed by atoms with E-state index < -0.39 is 33.9 Å². The summed E-state index contributed by atoms with van der Waals surface area (Å²) in [6, 6.07) is 6.60. The van der Waals surface area contributed by atoms with E-state index in [1.807, 2.05) is 0 Å². The number of nitrogens with one attached hydrogen (secondary N) is 1. The van der Waals surface area contributed by atoms with Crippen molar-refractivity contribution in [3.8, 4) is 0 Å². The number of hydrogen-bond donors (Lipinski definition) is 1. The van der Waals surface area contributed by atoms with E-state index in [1.165, 1.54) is 0 Å². The molecule has 1 amide bonds. The predicted octanol–water partition coefficient (Wildman–Crippen LogP) is 0.0714. The number of sulfone groups is 1. The van der Waals surface area contributed by atoms with Gasteiger partial charge in [0.25, 0.3) is 5.91 Å².